The largest absolute Gasteiger partial charge is 0.380 e. The maximum atomic E-state index is 11.2. The summed E-state index contributed by atoms with van der Waals surface area (Å²) in [4.78, 5) is 22.5. The fourth-order valence-electron chi connectivity index (χ4n) is 1.67. The zero-order chi connectivity index (χ0) is 11.7. The van der Waals surface area contributed by atoms with Crippen molar-refractivity contribution in [3.8, 4) is 0 Å². The topological polar surface area (TPSA) is 74.6 Å². The van der Waals surface area contributed by atoms with Gasteiger partial charge in [-0.1, -0.05) is 24.3 Å². The fraction of sp³-hybridized carbons (Fsp3) is 0.167. The van der Waals surface area contributed by atoms with E-state index in [1.165, 1.54) is 36.5 Å². The van der Waals surface area contributed by atoms with Crippen molar-refractivity contribution in [2.24, 2.45) is 0 Å². The molecule has 0 aliphatic heterocycles. The summed E-state index contributed by atoms with van der Waals surface area (Å²) in [6, 6.07) is 0. The monoisotopic (exact) mass is 218 g/mol. The van der Waals surface area contributed by atoms with E-state index >= 15 is 0 Å². The Morgan fingerprint density at radius 1 is 0.812 bits per heavy atom. The minimum atomic E-state index is -1.30. The molecule has 82 valence electrons. The molecule has 0 saturated carbocycles. The molecule has 0 saturated heterocycles. The number of aliphatic hydroxyl groups is 2. The van der Waals surface area contributed by atoms with Crippen LogP contribution >= 0.6 is 0 Å². The van der Waals surface area contributed by atoms with Gasteiger partial charge in [-0.2, -0.15) is 0 Å². The Balaban J connectivity index is 2.39. The highest BCUT2D eigenvalue weighted by Gasteiger charge is 2.29. The van der Waals surface area contributed by atoms with E-state index in [0.29, 0.717) is 0 Å². The second-order valence-corrected chi connectivity index (χ2v) is 3.57. The van der Waals surface area contributed by atoms with E-state index in [4.69, 9.17) is 0 Å². The van der Waals surface area contributed by atoms with E-state index < -0.39 is 23.8 Å². The van der Waals surface area contributed by atoms with E-state index in [1.807, 2.05) is 0 Å². The van der Waals surface area contributed by atoms with Gasteiger partial charge in [-0.25, -0.2) is 0 Å². The Morgan fingerprint density at radius 3 is 1.56 bits per heavy atom. The van der Waals surface area contributed by atoms with Crippen LogP contribution in [0.2, 0.25) is 0 Å². The van der Waals surface area contributed by atoms with Gasteiger partial charge in [-0.15, -0.1) is 0 Å². The predicted octanol–water partition coefficient (Wildman–Crippen LogP) is -0.161. The summed E-state index contributed by atoms with van der Waals surface area (Å²) in [6.45, 7) is 0. The standard InChI is InChI=1S/C12H10O4/c13-9-5-1-3-7(11(9)15)8-4-2-6-10(14)12(8)16/h1-6,11-12,15-16H. The van der Waals surface area contributed by atoms with Crippen LogP contribution in [-0.4, -0.2) is 34.0 Å². The molecule has 0 amide bonds. The highest BCUT2D eigenvalue weighted by Crippen LogP contribution is 2.24. The quantitative estimate of drug-likeness (QED) is 0.641. The van der Waals surface area contributed by atoms with Gasteiger partial charge >= 0.3 is 0 Å². The van der Waals surface area contributed by atoms with Crippen LogP contribution in [0.4, 0.5) is 0 Å². The van der Waals surface area contributed by atoms with E-state index in [2.05, 4.69) is 0 Å². The Labute approximate surface area is 91.9 Å². The second-order valence-electron chi connectivity index (χ2n) is 3.57. The smallest absolute Gasteiger partial charge is 0.188 e. The summed E-state index contributed by atoms with van der Waals surface area (Å²) in [5, 5.41) is 19.3. The fourth-order valence-corrected chi connectivity index (χ4v) is 1.67. The molecule has 0 aromatic heterocycles. The van der Waals surface area contributed by atoms with Crippen molar-refractivity contribution >= 4 is 11.6 Å². The summed E-state index contributed by atoms with van der Waals surface area (Å²) in [6.07, 6.45) is 5.92. The molecule has 4 nitrogen and oxygen atoms in total. The van der Waals surface area contributed by atoms with Crippen LogP contribution in [-0.2, 0) is 9.59 Å². The molecule has 0 heterocycles. The van der Waals surface area contributed by atoms with Crippen LogP contribution in [0, 0.1) is 0 Å². The molecule has 2 aliphatic rings. The maximum absolute atomic E-state index is 11.2. The highest BCUT2D eigenvalue weighted by atomic mass is 16.3. The summed E-state index contributed by atoms with van der Waals surface area (Å²) < 4.78 is 0. The molecule has 0 aromatic rings. The van der Waals surface area contributed by atoms with Gasteiger partial charge in [0, 0.05) is 0 Å². The van der Waals surface area contributed by atoms with Crippen molar-refractivity contribution in [1.29, 1.82) is 0 Å². The summed E-state index contributed by atoms with van der Waals surface area (Å²) in [5.74, 6) is -0.903. The molecule has 0 bridgehead atoms. The SMILES string of the molecule is O=C1C=CC=C(C2=CC=CC(=O)C2O)C1O. The first-order chi connectivity index (χ1) is 7.61. The van der Waals surface area contributed by atoms with Crippen molar-refractivity contribution < 1.29 is 19.8 Å². The Morgan fingerprint density at radius 2 is 1.19 bits per heavy atom. The van der Waals surface area contributed by atoms with Gasteiger partial charge in [-0.3, -0.25) is 9.59 Å². The van der Waals surface area contributed by atoms with Crippen LogP contribution in [0.1, 0.15) is 0 Å². The van der Waals surface area contributed by atoms with E-state index in [0.717, 1.165) is 0 Å². The van der Waals surface area contributed by atoms with Crippen LogP contribution in [0.5, 0.6) is 0 Å². The molecule has 2 aliphatic carbocycles. The molecule has 16 heavy (non-hydrogen) atoms. The van der Waals surface area contributed by atoms with Gasteiger partial charge in [0.2, 0.25) is 0 Å². The van der Waals surface area contributed by atoms with Crippen molar-refractivity contribution in [1.82, 2.24) is 0 Å². The number of hydrogen-bond donors (Lipinski definition) is 2. The number of hydrogen-bond acceptors (Lipinski definition) is 4. The highest BCUT2D eigenvalue weighted by molar-refractivity contribution is 6.01. The summed E-state index contributed by atoms with van der Waals surface area (Å²) in [7, 11) is 0. The zero-order valence-electron chi connectivity index (χ0n) is 8.33. The van der Waals surface area contributed by atoms with Gasteiger partial charge in [0.1, 0.15) is 12.2 Å². The number of carbonyl (C=O) groups is 2. The van der Waals surface area contributed by atoms with Crippen LogP contribution < -0.4 is 0 Å². The van der Waals surface area contributed by atoms with Crippen molar-refractivity contribution in [2.75, 3.05) is 0 Å². The van der Waals surface area contributed by atoms with Crippen LogP contribution in [0.15, 0.2) is 47.6 Å². The molecule has 2 atom stereocenters. The normalized spacial score (nSPS) is 29.1. The number of carbonyl (C=O) groups excluding carboxylic acids is 2. The zero-order valence-corrected chi connectivity index (χ0v) is 8.33. The molecule has 4 heteroatoms. The molecular formula is C12H10O4. The summed E-state index contributed by atoms with van der Waals surface area (Å²) >= 11 is 0. The molecule has 2 unspecified atom stereocenters. The van der Waals surface area contributed by atoms with E-state index in [1.54, 1.807) is 0 Å². The lowest BCUT2D eigenvalue weighted by atomic mass is 9.87. The molecule has 0 fully saturated rings. The molecule has 2 rings (SSSR count). The average Bonchev–Trinajstić information content (AvgIpc) is 2.27. The van der Waals surface area contributed by atoms with Gasteiger partial charge in [0.15, 0.2) is 11.6 Å². The molecule has 0 radical (unpaired) electrons. The van der Waals surface area contributed by atoms with Crippen LogP contribution in [0.25, 0.3) is 0 Å². The predicted molar refractivity (Wildman–Crippen MR) is 56.5 cm³/mol. The maximum Gasteiger partial charge on any atom is 0.188 e. The van der Waals surface area contributed by atoms with Crippen molar-refractivity contribution in [3.63, 3.8) is 0 Å². The molecular weight excluding hydrogens is 208 g/mol. The molecule has 0 spiro atoms. The van der Waals surface area contributed by atoms with Gasteiger partial charge in [0.25, 0.3) is 0 Å². The minimum Gasteiger partial charge on any atom is -0.380 e. The third kappa shape index (κ3) is 1.68. The number of allylic oxidation sites excluding steroid dienone is 4. The van der Waals surface area contributed by atoms with Crippen molar-refractivity contribution in [2.45, 2.75) is 12.2 Å². The van der Waals surface area contributed by atoms with Crippen molar-refractivity contribution in [3.05, 3.63) is 47.6 Å². The average molecular weight is 218 g/mol. The van der Waals surface area contributed by atoms with E-state index in [9.17, 15) is 19.8 Å². The number of rotatable bonds is 1. The first-order valence-corrected chi connectivity index (χ1v) is 4.82. The van der Waals surface area contributed by atoms with Gasteiger partial charge in [-0.05, 0) is 23.3 Å². The van der Waals surface area contributed by atoms with E-state index in [-0.39, 0.29) is 11.1 Å². The first kappa shape index (κ1) is 10.7. The van der Waals surface area contributed by atoms with Gasteiger partial charge < -0.3 is 10.2 Å². The molecule has 2 N–H and O–H groups in total. The second kappa shape index (κ2) is 4.00. The summed E-state index contributed by atoms with van der Waals surface area (Å²) in [5.41, 5.74) is 0.551. The van der Waals surface area contributed by atoms with Gasteiger partial charge in [0.05, 0.1) is 0 Å². The lowest BCUT2D eigenvalue weighted by molar-refractivity contribution is -0.122. The minimum absolute atomic E-state index is 0.276. The number of aliphatic hydroxyl groups excluding tert-OH is 2. The Kier molecular flexibility index (Phi) is 2.68. The first-order valence-electron chi connectivity index (χ1n) is 4.82. The lowest BCUT2D eigenvalue weighted by Crippen LogP contribution is -2.31. The Hall–Kier alpha value is -1.78. The Bertz CT molecular complexity index is 421. The number of ketones is 2. The van der Waals surface area contributed by atoms with Crippen LogP contribution in [0.3, 0.4) is 0 Å². The third-order valence-electron chi connectivity index (χ3n) is 2.53. The third-order valence-corrected chi connectivity index (χ3v) is 2.53. The molecule has 0 aromatic carbocycles. The lowest BCUT2D eigenvalue weighted by Gasteiger charge is -2.22.